The number of benzene rings is 1. The standard InChI is InChI=1S/C20H16ClN5O2S/c1-12-13(2)26(11-22-12)18-9-10-19(25-24-18)28-15-5-3-14(4-6-15)23-20(27)16-7-8-17(21)29-16/h3-11H,1-2H3,(H,23,27). The van der Waals surface area contributed by atoms with Crippen molar-refractivity contribution in [3.8, 4) is 17.4 Å². The molecule has 4 rings (SSSR count). The minimum absolute atomic E-state index is 0.206. The van der Waals surface area contributed by atoms with Crippen LogP contribution in [0.5, 0.6) is 11.6 Å². The third kappa shape index (κ3) is 4.28. The van der Waals surface area contributed by atoms with Gasteiger partial charge in [0.15, 0.2) is 5.82 Å². The summed E-state index contributed by atoms with van der Waals surface area (Å²) in [7, 11) is 0. The summed E-state index contributed by atoms with van der Waals surface area (Å²) in [5, 5.41) is 11.1. The molecule has 0 aliphatic carbocycles. The highest BCUT2D eigenvalue weighted by atomic mass is 35.5. The Morgan fingerprint density at radius 2 is 1.86 bits per heavy atom. The number of thiophene rings is 1. The highest BCUT2D eigenvalue weighted by Gasteiger charge is 2.10. The van der Waals surface area contributed by atoms with Crippen molar-refractivity contribution in [3.05, 3.63) is 75.5 Å². The molecule has 1 amide bonds. The first kappa shape index (κ1) is 19.1. The summed E-state index contributed by atoms with van der Waals surface area (Å²) in [6.07, 6.45) is 1.71. The van der Waals surface area contributed by atoms with Gasteiger partial charge in [-0.3, -0.25) is 9.36 Å². The van der Waals surface area contributed by atoms with Gasteiger partial charge in [-0.2, -0.15) is 0 Å². The van der Waals surface area contributed by atoms with Crippen LogP contribution in [0.3, 0.4) is 0 Å². The van der Waals surface area contributed by atoms with Gasteiger partial charge >= 0.3 is 0 Å². The number of aromatic nitrogens is 4. The molecule has 0 saturated carbocycles. The Morgan fingerprint density at radius 1 is 1.07 bits per heavy atom. The van der Waals surface area contributed by atoms with Gasteiger partial charge in [0.05, 0.1) is 14.9 Å². The topological polar surface area (TPSA) is 81.9 Å². The molecule has 3 aromatic heterocycles. The normalized spacial score (nSPS) is 10.7. The zero-order chi connectivity index (χ0) is 20.4. The third-order valence-electron chi connectivity index (χ3n) is 4.26. The average molecular weight is 426 g/mol. The van der Waals surface area contributed by atoms with Gasteiger partial charge in [-0.25, -0.2) is 4.98 Å². The van der Waals surface area contributed by atoms with E-state index in [1.807, 2.05) is 24.5 Å². The second kappa shape index (κ2) is 8.02. The fraction of sp³-hybridized carbons (Fsp3) is 0.100. The Kier molecular flexibility index (Phi) is 5.28. The van der Waals surface area contributed by atoms with Crippen LogP contribution in [-0.2, 0) is 0 Å². The second-order valence-electron chi connectivity index (χ2n) is 6.20. The van der Waals surface area contributed by atoms with Crippen molar-refractivity contribution in [2.75, 3.05) is 5.32 Å². The predicted octanol–water partition coefficient (Wildman–Crippen LogP) is 5.04. The van der Waals surface area contributed by atoms with Crippen LogP contribution in [0.15, 0.2) is 54.9 Å². The molecule has 0 aliphatic heterocycles. The average Bonchev–Trinajstić information content (AvgIpc) is 3.30. The van der Waals surface area contributed by atoms with Crippen LogP contribution in [0.4, 0.5) is 5.69 Å². The molecule has 29 heavy (non-hydrogen) atoms. The molecular formula is C20H16ClN5O2S. The molecule has 0 spiro atoms. The molecule has 0 fully saturated rings. The number of anilines is 1. The molecule has 4 aromatic rings. The largest absolute Gasteiger partial charge is 0.438 e. The number of carbonyl (C=O) groups is 1. The van der Waals surface area contributed by atoms with Gasteiger partial charge in [0.1, 0.15) is 12.1 Å². The number of amides is 1. The van der Waals surface area contributed by atoms with Crippen LogP contribution in [-0.4, -0.2) is 25.7 Å². The summed E-state index contributed by atoms with van der Waals surface area (Å²) in [4.78, 5) is 17.0. The van der Waals surface area contributed by atoms with Gasteiger partial charge in [0.25, 0.3) is 5.91 Å². The number of aryl methyl sites for hydroxylation is 1. The number of hydrogen-bond donors (Lipinski definition) is 1. The molecular weight excluding hydrogens is 410 g/mol. The number of nitrogens with zero attached hydrogens (tertiary/aromatic N) is 4. The molecule has 0 bridgehead atoms. The number of hydrogen-bond acceptors (Lipinski definition) is 6. The van der Waals surface area contributed by atoms with Crippen molar-refractivity contribution in [3.63, 3.8) is 0 Å². The minimum Gasteiger partial charge on any atom is -0.438 e. The van der Waals surface area contributed by atoms with E-state index in [-0.39, 0.29) is 5.91 Å². The molecule has 1 aromatic carbocycles. The lowest BCUT2D eigenvalue weighted by Crippen LogP contribution is -2.09. The Balaban J connectivity index is 1.41. The van der Waals surface area contributed by atoms with Crippen molar-refractivity contribution < 1.29 is 9.53 Å². The van der Waals surface area contributed by atoms with Gasteiger partial charge in [-0.1, -0.05) is 11.6 Å². The lowest BCUT2D eigenvalue weighted by atomic mass is 10.3. The Bertz CT molecular complexity index is 1150. The number of imidazole rings is 1. The molecule has 0 aliphatic rings. The highest BCUT2D eigenvalue weighted by molar-refractivity contribution is 7.18. The second-order valence-corrected chi connectivity index (χ2v) is 7.91. The number of carbonyl (C=O) groups excluding carboxylic acids is 1. The smallest absolute Gasteiger partial charge is 0.265 e. The molecule has 0 radical (unpaired) electrons. The van der Waals surface area contributed by atoms with Gasteiger partial charge in [-0.05, 0) is 56.3 Å². The molecule has 1 N–H and O–H groups in total. The quantitative estimate of drug-likeness (QED) is 0.484. The van der Waals surface area contributed by atoms with E-state index in [0.29, 0.717) is 32.3 Å². The van der Waals surface area contributed by atoms with E-state index in [0.717, 1.165) is 11.4 Å². The predicted molar refractivity (Wildman–Crippen MR) is 112 cm³/mol. The first-order chi connectivity index (χ1) is 14.0. The highest BCUT2D eigenvalue weighted by Crippen LogP contribution is 2.24. The van der Waals surface area contributed by atoms with Gasteiger partial charge in [-0.15, -0.1) is 21.5 Å². The van der Waals surface area contributed by atoms with Crippen LogP contribution < -0.4 is 10.1 Å². The van der Waals surface area contributed by atoms with Crippen molar-refractivity contribution in [1.82, 2.24) is 19.7 Å². The Morgan fingerprint density at radius 3 is 2.45 bits per heavy atom. The summed E-state index contributed by atoms with van der Waals surface area (Å²) >= 11 is 7.09. The minimum atomic E-state index is -0.206. The first-order valence-electron chi connectivity index (χ1n) is 8.69. The number of ether oxygens (including phenoxy) is 1. The zero-order valence-electron chi connectivity index (χ0n) is 15.6. The molecule has 0 atom stereocenters. The van der Waals surface area contributed by atoms with Crippen LogP contribution in [0.2, 0.25) is 4.34 Å². The van der Waals surface area contributed by atoms with E-state index >= 15 is 0 Å². The lowest BCUT2D eigenvalue weighted by molar-refractivity contribution is 0.103. The monoisotopic (exact) mass is 425 g/mol. The maximum absolute atomic E-state index is 12.2. The van der Waals surface area contributed by atoms with Crippen molar-refractivity contribution in [2.45, 2.75) is 13.8 Å². The Hall–Kier alpha value is -3.23. The lowest BCUT2D eigenvalue weighted by Gasteiger charge is -2.08. The van der Waals surface area contributed by atoms with E-state index in [2.05, 4.69) is 20.5 Å². The van der Waals surface area contributed by atoms with E-state index in [9.17, 15) is 4.79 Å². The van der Waals surface area contributed by atoms with Gasteiger partial charge in [0, 0.05) is 17.4 Å². The Labute approximate surface area is 176 Å². The van der Waals surface area contributed by atoms with Crippen molar-refractivity contribution in [1.29, 1.82) is 0 Å². The maximum atomic E-state index is 12.2. The number of nitrogens with one attached hydrogen (secondary N) is 1. The first-order valence-corrected chi connectivity index (χ1v) is 9.88. The molecule has 7 nitrogen and oxygen atoms in total. The summed E-state index contributed by atoms with van der Waals surface area (Å²) < 4.78 is 8.16. The van der Waals surface area contributed by atoms with Crippen LogP contribution in [0.1, 0.15) is 21.1 Å². The molecule has 3 heterocycles. The number of halogens is 1. The summed E-state index contributed by atoms with van der Waals surface area (Å²) in [5.41, 5.74) is 2.61. The van der Waals surface area contributed by atoms with Crippen LogP contribution in [0, 0.1) is 13.8 Å². The fourth-order valence-electron chi connectivity index (χ4n) is 2.58. The molecule has 9 heteroatoms. The zero-order valence-corrected chi connectivity index (χ0v) is 17.2. The summed E-state index contributed by atoms with van der Waals surface area (Å²) in [5.74, 6) is 1.41. The summed E-state index contributed by atoms with van der Waals surface area (Å²) in [6.45, 7) is 3.92. The molecule has 0 saturated heterocycles. The molecule has 146 valence electrons. The van der Waals surface area contributed by atoms with E-state index in [1.54, 1.807) is 48.8 Å². The van der Waals surface area contributed by atoms with E-state index < -0.39 is 0 Å². The summed E-state index contributed by atoms with van der Waals surface area (Å²) in [6, 6.07) is 13.9. The van der Waals surface area contributed by atoms with Crippen molar-refractivity contribution >= 4 is 34.5 Å². The maximum Gasteiger partial charge on any atom is 0.265 e. The molecule has 0 unspecified atom stereocenters. The van der Waals surface area contributed by atoms with E-state index in [4.69, 9.17) is 16.3 Å². The van der Waals surface area contributed by atoms with E-state index in [1.165, 1.54) is 11.3 Å². The van der Waals surface area contributed by atoms with Gasteiger partial charge in [0.2, 0.25) is 5.88 Å². The van der Waals surface area contributed by atoms with Gasteiger partial charge < -0.3 is 10.1 Å². The van der Waals surface area contributed by atoms with Crippen molar-refractivity contribution in [2.24, 2.45) is 0 Å². The van der Waals surface area contributed by atoms with Crippen LogP contribution >= 0.6 is 22.9 Å². The SMILES string of the molecule is Cc1ncn(-c2ccc(Oc3ccc(NC(=O)c4ccc(Cl)s4)cc3)nn2)c1C. The third-order valence-corrected chi connectivity index (χ3v) is 5.49. The number of rotatable bonds is 5. The fourth-order valence-corrected chi connectivity index (χ4v) is 3.52. The van der Waals surface area contributed by atoms with Crippen LogP contribution in [0.25, 0.3) is 5.82 Å².